The van der Waals surface area contributed by atoms with E-state index in [0.717, 1.165) is 17.8 Å². The second-order valence-corrected chi connectivity index (χ2v) is 6.27. The van der Waals surface area contributed by atoms with Crippen LogP contribution in [0.25, 0.3) is 6.08 Å². The molecule has 134 valence electrons. The van der Waals surface area contributed by atoms with Crippen LogP contribution in [0, 0.1) is 0 Å². The predicted molar refractivity (Wildman–Crippen MR) is 104 cm³/mol. The molecule has 0 aromatic heterocycles. The molecule has 5 nitrogen and oxygen atoms in total. The van der Waals surface area contributed by atoms with Gasteiger partial charge in [0, 0.05) is 0 Å². The lowest BCUT2D eigenvalue weighted by Crippen LogP contribution is -2.21. The summed E-state index contributed by atoms with van der Waals surface area (Å²) in [5, 5.41) is 16.0. The number of methoxy groups -OCH3 is 1. The number of benzene rings is 2. The number of hydrogen-bond acceptors (Lipinski definition) is 4. The van der Waals surface area contributed by atoms with Crippen LogP contribution in [0.5, 0.6) is 11.5 Å². The Bertz CT molecular complexity index is 891. The van der Waals surface area contributed by atoms with Crippen LogP contribution < -0.4 is 9.75 Å². The van der Waals surface area contributed by atoms with Crippen molar-refractivity contribution in [2.75, 3.05) is 12.1 Å². The number of phenolic OH excluding ortho intramolecular Hbond substituents is 1. The molecule has 0 aliphatic carbocycles. The number of amides is 1. The van der Waals surface area contributed by atoms with Crippen LogP contribution in [-0.4, -0.2) is 23.8 Å². The van der Waals surface area contributed by atoms with E-state index in [1.165, 1.54) is 12.1 Å². The molecule has 1 amide bonds. The Morgan fingerprint density at radius 1 is 1.27 bits per heavy atom. The van der Waals surface area contributed by atoms with E-state index in [0.29, 0.717) is 17.6 Å². The van der Waals surface area contributed by atoms with Crippen LogP contribution in [0.2, 0.25) is 5.02 Å². The molecular weight excluding hydrogens is 352 g/mol. The summed E-state index contributed by atoms with van der Waals surface area (Å²) in [4.78, 5) is 12.9. The Balaban J connectivity index is 2.03. The van der Waals surface area contributed by atoms with Crippen LogP contribution in [0.3, 0.4) is 0 Å². The van der Waals surface area contributed by atoms with Gasteiger partial charge in [0.15, 0.2) is 11.5 Å². The fraction of sp³-hybridized carbons (Fsp3) is 0.200. The number of ether oxygens (including phenoxy) is 1. The number of hydrogen-bond donors (Lipinski definition) is 1. The topological polar surface area (TPSA) is 62.1 Å². The number of anilines is 1. The summed E-state index contributed by atoms with van der Waals surface area (Å²) in [6.07, 6.45) is 3.28. The fourth-order valence-electron chi connectivity index (χ4n) is 2.77. The van der Waals surface area contributed by atoms with Crippen molar-refractivity contribution in [2.24, 2.45) is 5.10 Å². The van der Waals surface area contributed by atoms with E-state index >= 15 is 0 Å². The van der Waals surface area contributed by atoms with E-state index in [-0.39, 0.29) is 22.4 Å². The Labute approximate surface area is 157 Å². The Morgan fingerprint density at radius 2 is 2.00 bits per heavy atom. The maximum Gasteiger partial charge on any atom is 0.280 e. The molecule has 0 saturated heterocycles. The number of carbonyl (C=O) groups excluding carboxylic acids is 1. The summed E-state index contributed by atoms with van der Waals surface area (Å²) in [5.74, 6) is -0.0612. The molecule has 1 aliphatic rings. The number of rotatable bonds is 5. The average molecular weight is 371 g/mol. The minimum Gasteiger partial charge on any atom is -0.503 e. The molecule has 26 heavy (non-hydrogen) atoms. The molecule has 6 heteroatoms. The number of hydrazone groups is 1. The number of para-hydroxylation sites is 1. The molecule has 1 N–H and O–H groups in total. The molecule has 0 radical (unpaired) electrons. The second-order valence-electron chi connectivity index (χ2n) is 5.86. The highest BCUT2D eigenvalue weighted by molar-refractivity contribution is 6.34. The molecule has 1 heterocycles. The number of halogens is 1. The van der Waals surface area contributed by atoms with Crippen molar-refractivity contribution in [1.82, 2.24) is 0 Å². The van der Waals surface area contributed by atoms with Crippen molar-refractivity contribution in [2.45, 2.75) is 19.8 Å². The van der Waals surface area contributed by atoms with E-state index in [9.17, 15) is 9.90 Å². The minimum atomic E-state index is -0.192. The minimum absolute atomic E-state index is 0.123. The van der Waals surface area contributed by atoms with E-state index in [1.807, 2.05) is 37.3 Å². The van der Waals surface area contributed by atoms with Gasteiger partial charge in [0.25, 0.3) is 5.91 Å². The smallest absolute Gasteiger partial charge is 0.280 e. The van der Waals surface area contributed by atoms with Gasteiger partial charge in [-0.2, -0.15) is 10.1 Å². The van der Waals surface area contributed by atoms with Gasteiger partial charge in [-0.25, -0.2) is 0 Å². The van der Waals surface area contributed by atoms with Gasteiger partial charge in [-0.15, -0.1) is 0 Å². The van der Waals surface area contributed by atoms with Gasteiger partial charge in [-0.1, -0.05) is 43.1 Å². The summed E-state index contributed by atoms with van der Waals surface area (Å²) in [6.45, 7) is 2.04. The molecule has 2 aromatic rings. The van der Waals surface area contributed by atoms with Gasteiger partial charge >= 0.3 is 0 Å². The average Bonchev–Trinajstić information content (AvgIpc) is 2.95. The van der Waals surface area contributed by atoms with Gasteiger partial charge in [0.1, 0.15) is 0 Å². The van der Waals surface area contributed by atoms with Crippen LogP contribution in [0.4, 0.5) is 5.69 Å². The summed E-state index contributed by atoms with van der Waals surface area (Å²) >= 11 is 6.06. The van der Waals surface area contributed by atoms with E-state index in [2.05, 4.69) is 5.10 Å². The molecule has 2 aromatic carbocycles. The maximum absolute atomic E-state index is 12.9. The van der Waals surface area contributed by atoms with Crippen molar-refractivity contribution in [3.05, 3.63) is 58.6 Å². The molecule has 0 unspecified atom stereocenters. The number of phenols is 1. The third-order valence-corrected chi connectivity index (χ3v) is 4.31. The summed E-state index contributed by atoms with van der Waals surface area (Å²) in [7, 11) is 1.45. The van der Waals surface area contributed by atoms with Gasteiger partial charge in [-0.05, 0) is 42.3 Å². The molecule has 0 bridgehead atoms. The first-order chi connectivity index (χ1) is 12.5. The zero-order chi connectivity index (χ0) is 18.7. The zero-order valence-electron chi connectivity index (χ0n) is 14.6. The largest absolute Gasteiger partial charge is 0.503 e. The number of carbonyl (C=O) groups is 1. The van der Waals surface area contributed by atoms with E-state index in [1.54, 1.807) is 18.2 Å². The zero-order valence-corrected chi connectivity index (χ0v) is 15.3. The van der Waals surface area contributed by atoms with Gasteiger partial charge in [0.2, 0.25) is 0 Å². The first-order valence-corrected chi connectivity index (χ1v) is 8.68. The predicted octanol–water partition coefficient (Wildman–Crippen LogP) is 4.64. The fourth-order valence-corrected chi connectivity index (χ4v) is 2.99. The third-order valence-electron chi connectivity index (χ3n) is 4.02. The second kappa shape index (κ2) is 7.62. The summed E-state index contributed by atoms with van der Waals surface area (Å²) in [6, 6.07) is 12.5. The molecule has 1 aliphatic heterocycles. The third kappa shape index (κ3) is 3.44. The maximum atomic E-state index is 12.9. The Hall–Kier alpha value is -2.79. The highest BCUT2D eigenvalue weighted by atomic mass is 35.5. The van der Waals surface area contributed by atoms with Gasteiger partial charge in [-0.3, -0.25) is 4.79 Å². The lowest BCUT2D eigenvalue weighted by molar-refractivity contribution is -0.114. The highest BCUT2D eigenvalue weighted by Crippen LogP contribution is 2.36. The molecule has 3 rings (SSSR count). The number of aromatic hydroxyl groups is 1. The normalized spacial score (nSPS) is 15.5. The van der Waals surface area contributed by atoms with Gasteiger partial charge in [0.05, 0.1) is 29.1 Å². The monoisotopic (exact) mass is 370 g/mol. The lowest BCUT2D eigenvalue weighted by atomic mass is 10.0. The molecular formula is C20H19ClN2O3. The number of nitrogens with zero attached hydrogens (tertiary/aromatic N) is 2. The standard InChI is InChI=1S/C20H19ClN2O3/c1-3-7-17-15(10-13-11-16(21)19(24)18(12-13)26-2)20(25)23(22-17)14-8-5-4-6-9-14/h4-6,8-12,24H,3,7H2,1-2H3/b15-10-. The summed E-state index contributed by atoms with van der Waals surface area (Å²) < 4.78 is 5.13. The van der Waals surface area contributed by atoms with Crippen LogP contribution >= 0.6 is 11.6 Å². The summed E-state index contributed by atoms with van der Waals surface area (Å²) in [5.41, 5.74) is 2.62. The van der Waals surface area contributed by atoms with Crippen LogP contribution in [0.15, 0.2) is 53.1 Å². The van der Waals surface area contributed by atoms with Gasteiger partial charge < -0.3 is 9.84 Å². The van der Waals surface area contributed by atoms with Crippen molar-refractivity contribution < 1.29 is 14.6 Å². The molecule has 0 fully saturated rings. The first-order valence-electron chi connectivity index (χ1n) is 8.30. The van der Waals surface area contributed by atoms with E-state index in [4.69, 9.17) is 16.3 Å². The van der Waals surface area contributed by atoms with Crippen LogP contribution in [0.1, 0.15) is 25.3 Å². The van der Waals surface area contributed by atoms with Crippen molar-refractivity contribution in [3.63, 3.8) is 0 Å². The van der Waals surface area contributed by atoms with Crippen LogP contribution in [-0.2, 0) is 4.79 Å². The van der Waals surface area contributed by atoms with Crippen molar-refractivity contribution in [3.8, 4) is 11.5 Å². The first kappa shape index (κ1) is 18.0. The van der Waals surface area contributed by atoms with E-state index < -0.39 is 0 Å². The SMILES string of the molecule is CCCC1=NN(c2ccccc2)C(=O)/C1=C\c1cc(Cl)c(O)c(OC)c1. The van der Waals surface area contributed by atoms with Crippen molar-refractivity contribution >= 4 is 35.0 Å². The molecule has 0 atom stereocenters. The lowest BCUT2D eigenvalue weighted by Gasteiger charge is -2.11. The molecule has 0 spiro atoms. The quantitative estimate of drug-likeness (QED) is 0.780. The van der Waals surface area contributed by atoms with Crippen molar-refractivity contribution in [1.29, 1.82) is 0 Å². The highest BCUT2D eigenvalue weighted by Gasteiger charge is 2.30. The molecule has 0 saturated carbocycles. The Morgan fingerprint density at radius 3 is 2.65 bits per heavy atom. The Kier molecular flexibility index (Phi) is 5.28.